The third-order valence-electron chi connectivity index (χ3n) is 2.81. The molecule has 1 unspecified atom stereocenters. The van der Waals surface area contributed by atoms with Gasteiger partial charge in [-0.25, -0.2) is 9.59 Å². The highest BCUT2D eigenvalue weighted by Gasteiger charge is 2.62. The van der Waals surface area contributed by atoms with E-state index in [0.717, 1.165) is 24.3 Å². The van der Waals surface area contributed by atoms with E-state index < -0.39 is 29.4 Å². The number of hydrogen-bond acceptors (Lipinski definition) is 5. The number of esters is 1. The van der Waals surface area contributed by atoms with Gasteiger partial charge in [0.2, 0.25) is 0 Å². The number of carbonyl (C=O) groups excluding carboxylic acids is 2. The highest BCUT2D eigenvalue weighted by Crippen LogP contribution is 2.40. The molecule has 1 aromatic rings. The Bertz CT molecular complexity index is 559. The quantitative estimate of drug-likeness (QED) is 0.808. The number of amides is 1. The number of benzene rings is 1. The number of alkyl halides is 3. The van der Waals surface area contributed by atoms with Crippen LogP contribution in [0.3, 0.4) is 0 Å². The summed E-state index contributed by atoms with van der Waals surface area (Å²) < 4.78 is 48.3. The molecule has 1 aromatic carbocycles. The third-order valence-corrected chi connectivity index (χ3v) is 2.81. The fraction of sp³-hybridized carbons (Fsp3) is 0.429. The van der Waals surface area contributed by atoms with Crippen LogP contribution in [0.15, 0.2) is 24.3 Å². The van der Waals surface area contributed by atoms with Gasteiger partial charge in [0.25, 0.3) is 5.60 Å². The van der Waals surface area contributed by atoms with Crippen LogP contribution in [0.5, 0.6) is 0 Å². The minimum atomic E-state index is -5.27. The standard InChI is InChI=1S/C14H16F3NO5/c1-3-22-11(19)13(21,14(15,16)17)9-5-7-10(8-6-9)18-12(20)23-4-2/h5-8,21H,3-4H2,1-2H3,(H,18,20). The van der Waals surface area contributed by atoms with Gasteiger partial charge in [-0.3, -0.25) is 5.32 Å². The van der Waals surface area contributed by atoms with Gasteiger partial charge in [-0.15, -0.1) is 0 Å². The van der Waals surface area contributed by atoms with Crippen molar-refractivity contribution < 1.29 is 37.3 Å². The Morgan fingerprint density at radius 1 is 1.09 bits per heavy atom. The zero-order valence-corrected chi connectivity index (χ0v) is 12.4. The van der Waals surface area contributed by atoms with Crippen molar-refractivity contribution in [2.75, 3.05) is 18.5 Å². The van der Waals surface area contributed by atoms with Gasteiger partial charge in [-0.2, -0.15) is 13.2 Å². The second-order valence-corrected chi connectivity index (χ2v) is 4.35. The molecule has 0 aliphatic carbocycles. The first-order chi connectivity index (χ1) is 10.7. The molecule has 0 aliphatic heterocycles. The van der Waals surface area contributed by atoms with Crippen LogP contribution in [0.4, 0.5) is 23.7 Å². The summed E-state index contributed by atoms with van der Waals surface area (Å²) >= 11 is 0. The minimum Gasteiger partial charge on any atom is -0.463 e. The number of halogens is 3. The zero-order valence-electron chi connectivity index (χ0n) is 12.4. The van der Waals surface area contributed by atoms with Gasteiger partial charge >= 0.3 is 18.2 Å². The van der Waals surface area contributed by atoms with E-state index in [-0.39, 0.29) is 18.9 Å². The molecule has 1 rings (SSSR count). The van der Waals surface area contributed by atoms with Gasteiger partial charge in [0, 0.05) is 11.3 Å². The largest absolute Gasteiger partial charge is 0.463 e. The molecule has 0 spiro atoms. The first kappa shape index (κ1) is 18.8. The van der Waals surface area contributed by atoms with Crippen molar-refractivity contribution in [2.24, 2.45) is 0 Å². The molecular weight excluding hydrogens is 319 g/mol. The van der Waals surface area contributed by atoms with E-state index in [4.69, 9.17) is 0 Å². The van der Waals surface area contributed by atoms with Crippen molar-refractivity contribution in [3.63, 3.8) is 0 Å². The number of hydrogen-bond donors (Lipinski definition) is 2. The highest BCUT2D eigenvalue weighted by molar-refractivity contribution is 5.85. The van der Waals surface area contributed by atoms with Gasteiger partial charge in [-0.05, 0) is 26.0 Å². The molecule has 23 heavy (non-hydrogen) atoms. The Hall–Kier alpha value is -2.29. The summed E-state index contributed by atoms with van der Waals surface area (Å²) in [5.41, 5.74) is -4.37. The molecule has 0 fully saturated rings. The topological polar surface area (TPSA) is 84.9 Å². The normalized spacial score (nSPS) is 13.8. The van der Waals surface area contributed by atoms with Crippen molar-refractivity contribution in [3.8, 4) is 0 Å². The van der Waals surface area contributed by atoms with E-state index in [1.807, 2.05) is 0 Å². The van der Waals surface area contributed by atoms with Gasteiger partial charge in [0.05, 0.1) is 13.2 Å². The van der Waals surface area contributed by atoms with Crippen LogP contribution < -0.4 is 5.32 Å². The molecule has 0 saturated heterocycles. The molecule has 2 N–H and O–H groups in total. The van der Waals surface area contributed by atoms with E-state index in [9.17, 15) is 27.9 Å². The van der Waals surface area contributed by atoms with Crippen LogP contribution >= 0.6 is 0 Å². The summed E-state index contributed by atoms with van der Waals surface area (Å²) in [4.78, 5) is 22.8. The Morgan fingerprint density at radius 2 is 1.61 bits per heavy atom. The van der Waals surface area contributed by atoms with E-state index in [0.29, 0.717) is 0 Å². The summed E-state index contributed by atoms with van der Waals surface area (Å²) in [6, 6.07) is 3.93. The Labute approximate surface area is 130 Å². The Morgan fingerprint density at radius 3 is 2.04 bits per heavy atom. The molecule has 0 bridgehead atoms. The number of rotatable bonds is 5. The molecule has 0 aliphatic rings. The van der Waals surface area contributed by atoms with Gasteiger partial charge in [-0.1, -0.05) is 12.1 Å². The van der Waals surface area contributed by atoms with Crippen LogP contribution in [-0.2, 0) is 19.9 Å². The fourth-order valence-electron chi connectivity index (χ4n) is 1.71. The summed E-state index contributed by atoms with van der Waals surface area (Å²) in [5.74, 6) is -1.82. The Balaban J connectivity index is 3.10. The van der Waals surface area contributed by atoms with Crippen molar-refractivity contribution in [1.82, 2.24) is 0 Å². The molecule has 0 radical (unpaired) electrons. The molecule has 9 heteroatoms. The average Bonchev–Trinajstić information content (AvgIpc) is 2.46. The van der Waals surface area contributed by atoms with Gasteiger partial charge in [0.15, 0.2) is 0 Å². The zero-order chi connectivity index (χ0) is 17.7. The molecule has 128 valence electrons. The van der Waals surface area contributed by atoms with Crippen molar-refractivity contribution >= 4 is 17.7 Å². The monoisotopic (exact) mass is 335 g/mol. The maximum atomic E-state index is 13.1. The fourth-order valence-corrected chi connectivity index (χ4v) is 1.71. The van der Waals surface area contributed by atoms with Gasteiger partial charge < -0.3 is 14.6 Å². The maximum absolute atomic E-state index is 13.1. The summed E-state index contributed by atoms with van der Waals surface area (Å²) in [6.07, 6.45) is -6.05. The van der Waals surface area contributed by atoms with Gasteiger partial charge in [0.1, 0.15) is 0 Å². The first-order valence-electron chi connectivity index (χ1n) is 6.67. The van der Waals surface area contributed by atoms with E-state index in [1.54, 1.807) is 6.92 Å². The summed E-state index contributed by atoms with van der Waals surface area (Å²) in [7, 11) is 0. The van der Waals surface area contributed by atoms with Crippen LogP contribution in [0, 0.1) is 0 Å². The van der Waals surface area contributed by atoms with Crippen LogP contribution in [0.2, 0.25) is 0 Å². The minimum absolute atomic E-state index is 0.126. The lowest BCUT2D eigenvalue weighted by Crippen LogP contribution is -2.50. The molecule has 6 nitrogen and oxygen atoms in total. The lowest BCUT2D eigenvalue weighted by molar-refractivity contribution is -0.267. The molecule has 1 amide bonds. The molecule has 0 aromatic heterocycles. The number of ether oxygens (including phenoxy) is 2. The molecular formula is C14H16F3NO5. The second-order valence-electron chi connectivity index (χ2n) is 4.35. The first-order valence-corrected chi connectivity index (χ1v) is 6.67. The smallest absolute Gasteiger partial charge is 0.432 e. The number of anilines is 1. The van der Waals surface area contributed by atoms with Crippen molar-refractivity contribution in [1.29, 1.82) is 0 Å². The lowest BCUT2D eigenvalue weighted by Gasteiger charge is -2.28. The highest BCUT2D eigenvalue weighted by atomic mass is 19.4. The van der Waals surface area contributed by atoms with Crippen molar-refractivity contribution in [3.05, 3.63) is 29.8 Å². The maximum Gasteiger partial charge on any atom is 0.432 e. The molecule has 0 saturated carbocycles. The lowest BCUT2D eigenvalue weighted by atomic mass is 9.93. The SMILES string of the molecule is CCOC(=O)Nc1ccc(C(O)(C(=O)OCC)C(F)(F)F)cc1. The third kappa shape index (κ3) is 4.13. The summed E-state index contributed by atoms with van der Waals surface area (Å²) in [6.45, 7) is 2.72. The second kappa shape index (κ2) is 7.32. The van der Waals surface area contributed by atoms with Crippen molar-refractivity contribution in [2.45, 2.75) is 25.6 Å². The summed E-state index contributed by atoms with van der Waals surface area (Å²) in [5, 5.41) is 12.1. The van der Waals surface area contributed by atoms with E-state index >= 15 is 0 Å². The molecule has 0 heterocycles. The van der Waals surface area contributed by atoms with Crippen LogP contribution in [-0.4, -0.2) is 36.6 Å². The Kier molecular flexibility index (Phi) is 5.97. The number of carbonyl (C=O) groups is 2. The van der Waals surface area contributed by atoms with Crippen LogP contribution in [0.25, 0.3) is 0 Å². The average molecular weight is 335 g/mol. The number of nitrogens with one attached hydrogen (secondary N) is 1. The van der Waals surface area contributed by atoms with E-state index in [1.165, 1.54) is 6.92 Å². The predicted octanol–water partition coefficient (Wildman–Crippen LogP) is 2.57. The van der Waals surface area contributed by atoms with E-state index in [2.05, 4.69) is 14.8 Å². The number of aliphatic hydroxyl groups is 1. The van der Waals surface area contributed by atoms with Crippen LogP contribution in [0.1, 0.15) is 19.4 Å². The predicted molar refractivity (Wildman–Crippen MR) is 73.7 cm³/mol. The molecule has 1 atom stereocenters.